The van der Waals surface area contributed by atoms with Gasteiger partial charge in [-0.05, 0) is 80.0 Å². The lowest BCUT2D eigenvalue weighted by Crippen LogP contribution is -2.49. The quantitative estimate of drug-likeness (QED) is 0.209. The van der Waals surface area contributed by atoms with Gasteiger partial charge in [0.15, 0.2) is 0 Å². The number of thiazole rings is 1. The number of pyridine rings is 1. The molecule has 5 rings (SSSR count). The van der Waals surface area contributed by atoms with Gasteiger partial charge in [-0.3, -0.25) is 14.6 Å². The number of benzene rings is 2. The van der Waals surface area contributed by atoms with Crippen molar-refractivity contribution in [2.75, 3.05) is 25.0 Å². The first kappa shape index (κ1) is 32.3. The van der Waals surface area contributed by atoms with Crippen LogP contribution in [0, 0.1) is 13.8 Å². The highest BCUT2D eigenvalue weighted by Crippen LogP contribution is 2.35. The van der Waals surface area contributed by atoms with Gasteiger partial charge in [-0.2, -0.15) is 0 Å². The lowest BCUT2D eigenvalue weighted by atomic mass is 9.99. The maximum Gasteiger partial charge on any atom is 0.254 e. The highest BCUT2D eigenvalue weighted by Gasteiger charge is 2.33. The SMILES string of the molecule is Cc1cc(C(=O)N[C@@H](Cc2ccccc2)[C@H](O)CN(C)c2cncc(C(C)C)c2)cc(C(=O)N2CCC[C@@H]2c2nc(C)cs2)c1. The molecule has 1 aliphatic rings. The minimum absolute atomic E-state index is 0.0483. The number of aliphatic hydroxyl groups is 1. The van der Waals surface area contributed by atoms with E-state index in [1.807, 2.05) is 78.7 Å². The summed E-state index contributed by atoms with van der Waals surface area (Å²) in [6.45, 7) is 9.06. The number of carbonyl (C=O) groups is 2. The van der Waals surface area contributed by atoms with Gasteiger partial charge in [0.1, 0.15) is 5.01 Å². The number of rotatable bonds is 11. The Morgan fingerprint density at radius 1 is 1.09 bits per heavy atom. The molecule has 0 unspecified atom stereocenters. The largest absolute Gasteiger partial charge is 0.389 e. The summed E-state index contributed by atoms with van der Waals surface area (Å²) < 4.78 is 0. The van der Waals surface area contributed by atoms with Crippen molar-refractivity contribution in [1.82, 2.24) is 20.2 Å². The number of likely N-dealkylation sites (tertiary alicyclic amines) is 1. The Morgan fingerprint density at radius 3 is 2.56 bits per heavy atom. The van der Waals surface area contributed by atoms with Gasteiger partial charge in [-0.25, -0.2) is 4.98 Å². The summed E-state index contributed by atoms with van der Waals surface area (Å²) in [4.78, 5) is 40.4. The van der Waals surface area contributed by atoms with E-state index in [2.05, 4.69) is 35.2 Å². The molecule has 1 fully saturated rings. The van der Waals surface area contributed by atoms with Gasteiger partial charge in [0.2, 0.25) is 0 Å². The van der Waals surface area contributed by atoms with E-state index in [-0.39, 0.29) is 17.9 Å². The fraction of sp³-hybridized carbons (Fsp3) is 0.389. The third-order valence-electron chi connectivity index (χ3n) is 8.41. The molecular weight excluding hydrogens is 582 g/mol. The van der Waals surface area contributed by atoms with Gasteiger partial charge >= 0.3 is 0 Å². The summed E-state index contributed by atoms with van der Waals surface area (Å²) in [6, 6.07) is 16.6. The average molecular weight is 626 g/mol. The normalized spacial score (nSPS) is 16.1. The lowest BCUT2D eigenvalue weighted by molar-refractivity contribution is 0.0735. The highest BCUT2D eigenvalue weighted by molar-refractivity contribution is 7.09. The van der Waals surface area contributed by atoms with Gasteiger partial charge in [-0.1, -0.05) is 44.2 Å². The monoisotopic (exact) mass is 625 g/mol. The second-order valence-corrected chi connectivity index (χ2v) is 13.3. The minimum atomic E-state index is -0.875. The molecule has 3 heterocycles. The zero-order valence-electron chi connectivity index (χ0n) is 26.7. The predicted molar refractivity (Wildman–Crippen MR) is 180 cm³/mol. The zero-order chi connectivity index (χ0) is 32.1. The van der Waals surface area contributed by atoms with Crippen LogP contribution in [0.5, 0.6) is 0 Å². The number of aryl methyl sites for hydroxylation is 2. The number of likely N-dealkylation sites (N-methyl/N-ethyl adjacent to an activating group) is 1. The van der Waals surface area contributed by atoms with Crippen LogP contribution in [-0.2, 0) is 6.42 Å². The van der Waals surface area contributed by atoms with Crippen molar-refractivity contribution < 1.29 is 14.7 Å². The Hall–Kier alpha value is -4.08. The van der Waals surface area contributed by atoms with Crippen molar-refractivity contribution in [3.63, 3.8) is 0 Å². The summed E-state index contributed by atoms with van der Waals surface area (Å²) in [5.41, 5.74) is 5.69. The molecular formula is C36H43N5O3S. The third-order valence-corrected chi connectivity index (χ3v) is 9.48. The number of aliphatic hydroxyl groups excluding tert-OH is 1. The molecule has 0 bridgehead atoms. The molecule has 3 atom stereocenters. The smallest absolute Gasteiger partial charge is 0.254 e. The fourth-order valence-corrected chi connectivity index (χ4v) is 6.82. The molecule has 236 valence electrons. The number of amides is 2. The van der Waals surface area contributed by atoms with Crippen molar-refractivity contribution in [2.45, 2.75) is 71.1 Å². The number of anilines is 1. The van der Waals surface area contributed by atoms with Gasteiger partial charge in [0.25, 0.3) is 11.8 Å². The molecule has 9 heteroatoms. The van der Waals surface area contributed by atoms with Crippen LogP contribution in [0.4, 0.5) is 5.69 Å². The Balaban J connectivity index is 1.35. The van der Waals surface area contributed by atoms with Crippen molar-refractivity contribution in [1.29, 1.82) is 0 Å². The van der Waals surface area contributed by atoms with Crippen LogP contribution < -0.4 is 10.2 Å². The number of hydrogen-bond donors (Lipinski definition) is 2. The predicted octanol–water partition coefficient (Wildman–Crippen LogP) is 6.09. The van der Waals surface area contributed by atoms with Crippen molar-refractivity contribution in [3.05, 3.63) is 111 Å². The maximum atomic E-state index is 13.8. The van der Waals surface area contributed by atoms with E-state index in [0.29, 0.717) is 36.6 Å². The Kier molecular flexibility index (Phi) is 10.3. The summed E-state index contributed by atoms with van der Waals surface area (Å²) in [5, 5.41) is 17.6. The summed E-state index contributed by atoms with van der Waals surface area (Å²) in [5.74, 6) is -0.0879. The fourth-order valence-electron chi connectivity index (χ4n) is 5.88. The van der Waals surface area contributed by atoms with Crippen LogP contribution in [-0.4, -0.2) is 64.1 Å². The van der Waals surface area contributed by atoms with E-state index in [1.54, 1.807) is 29.7 Å². The number of carbonyl (C=O) groups excluding carboxylic acids is 2. The Labute approximate surface area is 270 Å². The van der Waals surface area contributed by atoms with E-state index in [1.165, 1.54) is 0 Å². The molecule has 4 aromatic rings. The first-order chi connectivity index (χ1) is 21.6. The first-order valence-electron chi connectivity index (χ1n) is 15.6. The van der Waals surface area contributed by atoms with Gasteiger partial charge < -0.3 is 20.2 Å². The standard InChI is InChI=1S/C36H43N5O3S/c1-23(2)29-18-30(20-37-19-29)40(5)21-33(42)31(16-26-10-7-6-8-11-26)39-34(43)27-14-24(3)15-28(17-27)36(44)41-13-9-12-32(41)35-38-25(4)22-45-35/h6-8,10-11,14-15,17-20,22-23,31-33,42H,9,12-13,16,21H2,1-5H3,(H,39,43)/t31-,32+,33+/m0/s1. The molecule has 8 nitrogen and oxygen atoms in total. The molecule has 0 saturated carbocycles. The Morgan fingerprint density at radius 2 is 1.84 bits per heavy atom. The third kappa shape index (κ3) is 7.96. The summed E-state index contributed by atoms with van der Waals surface area (Å²) in [6.07, 6.45) is 5.02. The van der Waals surface area contributed by atoms with Gasteiger partial charge in [0, 0.05) is 48.5 Å². The number of aromatic nitrogens is 2. The lowest BCUT2D eigenvalue weighted by Gasteiger charge is -2.29. The van der Waals surface area contributed by atoms with Crippen LogP contribution in [0.3, 0.4) is 0 Å². The summed E-state index contributed by atoms with van der Waals surface area (Å²) >= 11 is 1.59. The zero-order valence-corrected chi connectivity index (χ0v) is 27.6. The second kappa shape index (κ2) is 14.3. The van der Waals surface area contributed by atoms with Crippen LogP contribution in [0.25, 0.3) is 0 Å². The Bertz CT molecular complexity index is 1620. The maximum absolute atomic E-state index is 13.8. The van der Waals surface area contributed by atoms with E-state index in [4.69, 9.17) is 0 Å². The molecule has 2 amide bonds. The van der Waals surface area contributed by atoms with E-state index in [0.717, 1.165) is 45.9 Å². The molecule has 2 aromatic heterocycles. The molecule has 1 saturated heterocycles. The van der Waals surface area contributed by atoms with Crippen LogP contribution in [0.1, 0.15) is 86.8 Å². The topological polar surface area (TPSA) is 98.7 Å². The highest BCUT2D eigenvalue weighted by atomic mass is 32.1. The molecule has 0 spiro atoms. The molecule has 2 aromatic carbocycles. The van der Waals surface area contributed by atoms with Gasteiger partial charge in [-0.15, -0.1) is 11.3 Å². The van der Waals surface area contributed by atoms with E-state index < -0.39 is 12.1 Å². The first-order valence-corrected chi connectivity index (χ1v) is 16.5. The van der Waals surface area contributed by atoms with E-state index in [9.17, 15) is 14.7 Å². The number of nitrogens with zero attached hydrogens (tertiary/aromatic N) is 4. The second-order valence-electron chi connectivity index (χ2n) is 12.4. The van der Waals surface area contributed by atoms with E-state index >= 15 is 0 Å². The molecule has 2 N–H and O–H groups in total. The molecule has 1 aliphatic heterocycles. The van der Waals surface area contributed by atoms with Crippen molar-refractivity contribution in [2.24, 2.45) is 0 Å². The number of hydrogen-bond acceptors (Lipinski definition) is 7. The average Bonchev–Trinajstić information content (AvgIpc) is 3.69. The number of nitrogens with one attached hydrogen (secondary N) is 1. The van der Waals surface area contributed by atoms with Crippen molar-refractivity contribution in [3.8, 4) is 0 Å². The summed E-state index contributed by atoms with van der Waals surface area (Å²) in [7, 11) is 1.92. The molecule has 0 radical (unpaired) electrons. The van der Waals surface area contributed by atoms with Crippen LogP contribution in [0.2, 0.25) is 0 Å². The van der Waals surface area contributed by atoms with Gasteiger partial charge in [0.05, 0.1) is 30.1 Å². The van der Waals surface area contributed by atoms with Crippen molar-refractivity contribution >= 4 is 28.8 Å². The minimum Gasteiger partial charge on any atom is -0.389 e. The molecule has 0 aliphatic carbocycles. The van der Waals surface area contributed by atoms with Crippen LogP contribution in [0.15, 0.2) is 72.4 Å². The molecule has 45 heavy (non-hydrogen) atoms. The van der Waals surface area contributed by atoms with Crippen LogP contribution >= 0.6 is 11.3 Å².